The van der Waals surface area contributed by atoms with E-state index in [4.69, 9.17) is 16.3 Å². The molecule has 0 spiro atoms. The molecular formula is C16H18ClNO2. The van der Waals surface area contributed by atoms with Crippen molar-refractivity contribution in [3.05, 3.63) is 59.1 Å². The molecule has 2 N–H and O–H groups in total. The molecular weight excluding hydrogens is 274 g/mol. The molecule has 0 saturated heterocycles. The zero-order valence-electron chi connectivity index (χ0n) is 11.3. The lowest BCUT2D eigenvalue weighted by atomic mass is 10.1. The van der Waals surface area contributed by atoms with Crippen molar-refractivity contribution in [2.45, 2.75) is 13.0 Å². The van der Waals surface area contributed by atoms with Gasteiger partial charge in [0, 0.05) is 11.6 Å². The number of aliphatic hydroxyl groups is 1. The van der Waals surface area contributed by atoms with E-state index in [0.29, 0.717) is 18.2 Å². The van der Waals surface area contributed by atoms with Gasteiger partial charge < -0.3 is 15.2 Å². The van der Waals surface area contributed by atoms with Crippen molar-refractivity contribution in [2.75, 3.05) is 18.5 Å². The van der Waals surface area contributed by atoms with Gasteiger partial charge in [-0.25, -0.2) is 0 Å². The summed E-state index contributed by atoms with van der Waals surface area (Å²) in [6.07, 6.45) is -0.595. The van der Waals surface area contributed by atoms with Gasteiger partial charge in [0.15, 0.2) is 0 Å². The van der Waals surface area contributed by atoms with E-state index in [2.05, 4.69) is 5.32 Å². The zero-order valence-corrected chi connectivity index (χ0v) is 12.1. The highest BCUT2D eigenvalue weighted by atomic mass is 35.5. The molecule has 4 heteroatoms. The van der Waals surface area contributed by atoms with Gasteiger partial charge in [-0.1, -0.05) is 35.9 Å². The first-order valence-corrected chi connectivity index (χ1v) is 6.97. The van der Waals surface area contributed by atoms with Crippen LogP contribution in [0.1, 0.15) is 18.6 Å². The number of anilines is 1. The van der Waals surface area contributed by atoms with Gasteiger partial charge in [-0.3, -0.25) is 0 Å². The molecule has 0 aliphatic rings. The standard InChI is InChI=1S/C16H18ClNO2/c1-2-20-16-6-4-3-5-14(16)18-11-15(19)12-7-9-13(17)10-8-12/h3-10,15,18-19H,2,11H2,1H3. The second-order valence-corrected chi connectivity index (χ2v) is 4.81. The number of aliphatic hydroxyl groups excluding tert-OH is 1. The number of para-hydroxylation sites is 2. The molecule has 1 atom stereocenters. The normalized spacial score (nSPS) is 11.9. The third-order valence-corrected chi connectivity index (χ3v) is 3.18. The van der Waals surface area contributed by atoms with Crippen molar-refractivity contribution in [1.29, 1.82) is 0 Å². The Bertz CT molecular complexity index is 542. The maximum atomic E-state index is 10.1. The molecule has 2 aromatic carbocycles. The summed E-state index contributed by atoms with van der Waals surface area (Å²) in [6.45, 7) is 2.96. The lowest BCUT2D eigenvalue weighted by molar-refractivity contribution is 0.191. The maximum Gasteiger partial charge on any atom is 0.142 e. The van der Waals surface area contributed by atoms with Crippen molar-refractivity contribution in [3.8, 4) is 5.75 Å². The second-order valence-electron chi connectivity index (χ2n) is 4.38. The van der Waals surface area contributed by atoms with E-state index in [-0.39, 0.29) is 0 Å². The molecule has 1 unspecified atom stereocenters. The summed E-state index contributed by atoms with van der Waals surface area (Å²) < 4.78 is 5.53. The average Bonchev–Trinajstić information content (AvgIpc) is 2.47. The summed E-state index contributed by atoms with van der Waals surface area (Å²) in [5, 5.41) is 14.0. The van der Waals surface area contributed by atoms with Gasteiger partial charge in [-0.2, -0.15) is 0 Å². The summed E-state index contributed by atoms with van der Waals surface area (Å²) >= 11 is 5.83. The Morgan fingerprint density at radius 3 is 2.55 bits per heavy atom. The zero-order chi connectivity index (χ0) is 14.4. The smallest absolute Gasteiger partial charge is 0.142 e. The highest BCUT2D eigenvalue weighted by Crippen LogP contribution is 2.25. The lowest BCUT2D eigenvalue weighted by Gasteiger charge is -2.15. The quantitative estimate of drug-likeness (QED) is 0.848. The van der Waals surface area contributed by atoms with Crippen LogP contribution in [0.15, 0.2) is 48.5 Å². The number of hydrogen-bond acceptors (Lipinski definition) is 3. The molecule has 20 heavy (non-hydrogen) atoms. The molecule has 0 aliphatic carbocycles. The average molecular weight is 292 g/mol. The van der Waals surface area contributed by atoms with Crippen LogP contribution in [-0.2, 0) is 0 Å². The van der Waals surface area contributed by atoms with E-state index in [9.17, 15) is 5.11 Å². The largest absolute Gasteiger partial charge is 0.492 e. The van der Waals surface area contributed by atoms with E-state index in [0.717, 1.165) is 17.0 Å². The minimum atomic E-state index is -0.595. The Labute approximate surface area is 124 Å². The van der Waals surface area contributed by atoms with Crippen molar-refractivity contribution < 1.29 is 9.84 Å². The Kier molecular flexibility index (Phi) is 5.27. The Hall–Kier alpha value is -1.71. The molecule has 0 aromatic heterocycles. The number of hydrogen-bond donors (Lipinski definition) is 2. The van der Waals surface area contributed by atoms with Crippen LogP contribution in [0, 0.1) is 0 Å². The van der Waals surface area contributed by atoms with Crippen LogP contribution in [0.5, 0.6) is 5.75 Å². The first kappa shape index (κ1) is 14.7. The van der Waals surface area contributed by atoms with Crippen LogP contribution in [0.3, 0.4) is 0 Å². The van der Waals surface area contributed by atoms with E-state index in [1.165, 1.54) is 0 Å². The molecule has 0 radical (unpaired) electrons. The van der Waals surface area contributed by atoms with Crippen molar-refractivity contribution >= 4 is 17.3 Å². The molecule has 0 amide bonds. The van der Waals surface area contributed by atoms with E-state index in [1.54, 1.807) is 12.1 Å². The van der Waals surface area contributed by atoms with Gasteiger partial charge in [0.2, 0.25) is 0 Å². The number of benzene rings is 2. The Balaban J connectivity index is 1.99. The maximum absolute atomic E-state index is 10.1. The second kappa shape index (κ2) is 7.17. The van der Waals surface area contributed by atoms with Crippen LogP contribution in [0.4, 0.5) is 5.69 Å². The molecule has 0 fully saturated rings. The number of ether oxygens (including phenoxy) is 1. The molecule has 2 rings (SSSR count). The fourth-order valence-corrected chi connectivity index (χ4v) is 2.03. The molecule has 2 aromatic rings. The number of rotatable bonds is 6. The third-order valence-electron chi connectivity index (χ3n) is 2.93. The highest BCUT2D eigenvalue weighted by molar-refractivity contribution is 6.30. The van der Waals surface area contributed by atoms with Crippen LogP contribution in [0.2, 0.25) is 5.02 Å². The summed E-state index contributed by atoms with van der Waals surface area (Å²) in [4.78, 5) is 0. The Morgan fingerprint density at radius 1 is 1.15 bits per heavy atom. The van der Waals surface area contributed by atoms with Crippen molar-refractivity contribution in [2.24, 2.45) is 0 Å². The summed E-state index contributed by atoms with van der Waals surface area (Å²) in [6, 6.07) is 14.9. The fourth-order valence-electron chi connectivity index (χ4n) is 1.90. The molecule has 0 bridgehead atoms. The Morgan fingerprint density at radius 2 is 1.85 bits per heavy atom. The van der Waals surface area contributed by atoms with Gasteiger partial charge in [-0.15, -0.1) is 0 Å². The summed E-state index contributed by atoms with van der Waals surface area (Å²) in [7, 11) is 0. The summed E-state index contributed by atoms with van der Waals surface area (Å²) in [5.41, 5.74) is 1.71. The summed E-state index contributed by atoms with van der Waals surface area (Å²) in [5.74, 6) is 0.790. The van der Waals surface area contributed by atoms with E-state index < -0.39 is 6.10 Å². The molecule has 0 aliphatic heterocycles. The van der Waals surface area contributed by atoms with Gasteiger partial charge in [0.05, 0.1) is 18.4 Å². The first-order valence-electron chi connectivity index (χ1n) is 6.60. The predicted octanol–water partition coefficient (Wildman–Crippen LogP) is 3.88. The minimum absolute atomic E-state index is 0.408. The highest BCUT2D eigenvalue weighted by Gasteiger charge is 2.09. The first-order chi connectivity index (χ1) is 9.70. The van der Waals surface area contributed by atoms with Gasteiger partial charge >= 0.3 is 0 Å². The van der Waals surface area contributed by atoms with Crippen LogP contribution >= 0.6 is 11.6 Å². The SMILES string of the molecule is CCOc1ccccc1NCC(O)c1ccc(Cl)cc1. The monoisotopic (exact) mass is 291 g/mol. The van der Waals surface area contributed by atoms with Crippen LogP contribution in [-0.4, -0.2) is 18.3 Å². The third kappa shape index (κ3) is 3.89. The van der Waals surface area contributed by atoms with Crippen LogP contribution < -0.4 is 10.1 Å². The minimum Gasteiger partial charge on any atom is -0.492 e. The fraction of sp³-hybridized carbons (Fsp3) is 0.250. The molecule has 3 nitrogen and oxygen atoms in total. The van der Waals surface area contributed by atoms with E-state index in [1.807, 2.05) is 43.3 Å². The topological polar surface area (TPSA) is 41.5 Å². The van der Waals surface area contributed by atoms with E-state index >= 15 is 0 Å². The van der Waals surface area contributed by atoms with Crippen molar-refractivity contribution in [3.63, 3.8) is 0 Å². The predicted molar refractivity (Wildman–Crippen MR) is 82.5 cm³/mol. The van der Waals surface area contributed by atoms with Crippen molar-refractivity contribution in [1.82, 2.24) is 0 Å². The van der Waals surface area contributed by atoms with Gasteiger partial charge in [0.25, 0.3) is 0 Å². The molecule has 0 heterocycles. The van der Waals surface area contributed by atoms with Crippen LogP contribution in [0.25, 0.3) is 0 Å². The van der Waals surface area contributed by atoms with Gasteiger partial charge in [0.1, 0.15) is 5.75 Å². The number of nitrogens with one attached hydrogen (secondary N) is 1. The lowest BCUT2D eigenvalue weighted by Crippen LogP contribution is -2.12. The molecule has 0 saturated carbocycles. The molecule has 106 valence electrons. The van der Waals surface area contributed by atoms with Gasteiger partial charge in [-0.05, 0) is 36.8 Å². The number of halogens is 1.